The molecule has 0 fully saturated rings. The Morgan fingerprint density at radius 2 is 2.04 bits per heavy atom. The highest BCUT2D eigenvalue weighted by Gasteiger charge is 2.31. The van der Waals surface area contributed by atoms with E-state index in [1.54, 1.807) is 0 Å². The van der Waals surface area contributed by atoms with Crippen molar-refractivity contribution in [2.45, 2.75) is 19.1 Å². The topological polar surface area (TPSA) is 87.9 Å². The van der Waals surface area contributed by atoms with E-state index in [1.807, 2.05) is 44.4 Å². The summed E-state index contributed by atoms with van der Waals surface area (Å²) in [4.78, 5) is 33.2. The van der Waals surface area contributed by atoms with Crippen LogP contribution in [-0.4, -0.2) is 64.7 Å². The van der Waals surface area contributed by atoms with Crippen molar-refractivity contribution in [3.63, 3.8) is 0 Å². The quantitative estimate of drug-likeness (QED) is 0.796. The van der Waals surface area contributed by atoms with E-state index < -0.39 is 17.3 Å². The van der Waals surface area contributed by atoms with Crippen LogP contribution in [0.2, 0.25) is 0 Å². The second kappa shape index (κ2) is 7.89. The Bertz CT molecular complexity index is 881. The summed E-state index contributed by atoms with van der Waals surface area (Å²) in [7, 11) is 5.12. The fourth-order valence-electron chi connectivity index (χ4n) is 3.33. The highest BCUT2D eigenvalue weighted by molar-refractivity contribution is 5.89. The predicted octanol–water partition coefficient (Wildman–Crippen LogP) is 0.854. The van der Waals surface area contributed by atoms with Gasteiger partial charge in [-0.05, 0) is 19.7 Å². The fraction of sp³-hybridized carbons (Fsp3) is 0.421. The number of rotatable bonds is 4. The number of hydrogen-bond donors (Lipinski definition) is 1. The van der Waals surface area contributed by atoms with E-state index in [1.165, 1.54) is 11.7 Å². The number of nitrogens with zero attached hydrogens (tertiary/aromatic N) is 4. The van der Waals surface area contributed by atoms with Gasteiger partial charge in [0.05, 0.1) is 13.2 Å². The molecule has 1 unspecified atom stereocenters. The van der Waals surface area contributed by atoms with Crippen molar-refractivity contribution in [1.29, 1.82) is 0 Å². The molecule has 1 aliphatic heterocycles. The Hall–Kier alpha value is -2.71. The average Bonchev–Trinajstić information content (AvgIpc) is 2.84. The number of aromatic hydroxyl groups is 1. The summed E-state index contributed by atoms with van der Waals surface area (Å²) >= 11 is 0. The molecule has 0 spiro atoms. The zero-order valence-electron chi connectivity index (χ0n) is 15.8. The first-order chi connectivity index (χ1) is 12.9. The molecular weight excluding hydrogens is 348 g/mol. The summed E-state index contributed by atoms with van der Waals surface area (Å²) in [6.45, 7) is 2.33. The summed E-state index contributed by atoms with van der Waals surface area (Å²) in [5.41, 5.74) is 0.179. The van der Waals surface area contributed by atoms with E-state index in [0.717, 1.165) is 5.56 Å². The molecule has 0 saturated carbocycles. The van der Waals surface area contributed by atoms with Crippen molar-refractivity contribution in [3.05, 3.63) is 57.8 Å². The third-order valence-corrected chi connectivity index (χ3v) is 4.85. The van der Waals surface area contributed by atoms with Crippen molar-refractivity contribution < 1.29 is 14.6 Å². The van der Waals surface area contributed by atoms with Gasteiger partial charge in [0.2, 0.25) is 5.75 Å². The molecule has 8 heteroatoms. The van der Waals surface area contributed by atoms with Gasteiger partial charge in [0.25, 0.3) is 5.56 Å². The molecule has 1 N–H and O–H groups in total. The van der Waals surface area contributed by atoms with Crippen LogP contribution in [0.15, 0.2) is 35.1 Å². The Kier molecular flexibility index (Phi) is 5.57. The van der Waals surface area contributed by atoms with Crippen LogP contribution in [0.1, 0.15) is 27.9 Å². The minimum atomic E-state index is -0.824. The number of ether oxygens (including phenoxy) is 1. The lowest BCUT2D eigenvalue weighted by molar-refractivity contribution is 0.0588. The van der Waals surface area contributed by atoms with Crippen LogP contribution in [0.3, 0.4) is 0 Å². The first kappa shape index (κ1) is 19.1. The van der Waals surface area contributed by atoms with Gasteiger partial charge in [0.15, 0.2) is 5.69 Å². The van der Waals surface area contributed by atoms with Gasteiger partial charge in [-0.25, -0.2) is 9.78 Å². The van der Waals surface area contributed by atoms with Crippen LogP contribution in [0.5, 0.6) is 5.75 Å². The zero-order chi connectivity index (χ0) is 19.6. The molecule has 144 valence electrons. The smallest absolute Gasteiger partial charge is 0.360 e. The monoisotopic (exact) mass is 372 g/mol. The summed E-state index contributed by atoms with van der Waals surface area (Å²) in [6.07, 6.45) is 0. The molecule has 0 amide bonds. The first-order valence-corrected chi connectivity index (χ1v) is 8.77. The van der Waals surface area contributed by atoms with E-state index in [2.05, 4.69) is 19.5 Å². The lowest BCUT2D eigenvalue weighted by Gasteiger charge is -2.29. The Morgan fingerprint density at radius 1 is 1.33 bits per heavy atom. The highest BCUT2D eigenvalue weighted by Crippen LogP contribution is 2.25. The van der Waals surface area contributed by atoms with Gasteiger partial charge in [-0.3, -0.25) is 14.3 Å². The molecule has 0 bridgehead atoms. The maximum Gasteiger partial charge on any atom is 0.360 e. The molecule has 1 aliphatic rings. The summed E-state index contributed by atoms with van der Waals surface area (Å²) in [5, 5.41) is 10.1. The molecule has 2 heterocycles. The van der Waals surface area contributed by atoms with Crippen molar-refractivity contribution in [2.75, 3.05) is 34.3 Å². The second-order valence-electron chi connectivity index (χ2n) is 6.79. The number of carbonyl (C=O) groups excluding carboxylic acids is 1. The second-order valence-corrected chi connectivity index (χ2v) is 6.79. The molecule has 1 aromatic carbocycles. The molecule has 0 saturated heterocycles. The highest BCUT2D eigenvalue weighted by atomic mass is 16.5. The molecule has 8 nitrogen and oxygen atoms in total. The fourth-order valence-corrected chi connectivity index (χ4v) is 3.33. The summed E-state index contributed by atoms with van der Waals surface area (Å²) < 4.78 is 6.13. The number of aromatic nitrogens is 2. The number of likely N-dealkylation sites (N-methyl/N-ethyl adjacent to an activating group) is 2. The van der Waals surface area contributed by atoms with Crippen molar-refractivity contribution in [1.82, 2.24) is 19.4 Å². The van der Waals surface area contributed by atoms with E-state index in [9.17, 15) is 14.7 Å². The van der Waals surface area contributed by atoms with Gasteiger partial charge in [0.1, 0.15) is 5.82 Å². The van der Waals surface area contributed by atoms with Gasteiger partial charge >= 0.3 is 5.97 Å². The van der Waals surface area contributed by atoms with E-state index in [4.69, 9.17) is 0 Å². The average molecular weight is 372 g/mol. The van der Waals surface area contributed by atoms with Gasteiger partial charge in [-0.2, -0.15) is 0 Å². The molecule has 27 heavy (non-hydrogen) atoms. The Morgan fingerprint density at radius 3 is 2.70 bits per heavy atom. The maximum atomic E-state index is 12.7. The first-order valence-electron chi connectivity index (χ1n) is 8.77. The largest absolute Gasteiger partial charge is 0.501 e. The lowest BCUT2D eigenvalue weighted by Crippen LogP contribution is -2.36. The van der Waals surface area contributed by atoms with Gasteiger partial charge in [-0.15, -0.1) is 0 Å². The van der Waals surface area contributed by atoms with Crippen molar-refractivity contribution in [2.24, 2.45) is 0 Å². The van der Waals surface area contributed by atoms with E-state index in [-0.39, 0.29) is 11.7 Å². The summed E-state index contributed by atoms with van der Waals surface area (Å²) in [6, 6.07) is 9.76. The van der Waals surface area contributed by atoms with Gasteiger partial charge < -0.3 is 14.7 Å². The number of hydrogen-bond acceptors (Lipinski definition) is 7. The molecule has 1 aromatic heterocycles. The molecule has 2 aromatic rings. The van der Waals surface area contributed by atoms with Gasteiger partial charge in [-0.1, -0.05) is 30.3 Å². The summed E-state index contributed by atoms with van der Waals surface area (Å²) in [5.74, 6) is -1.03. The van der Waals surface area contributed by atoms with Crippen LogP contribution in [0.25, 0.3) is 0 Å². The number of benzene rings is 1. The minimum absolute atomic E-state index is 0.227. The third kappa shape index (κ3) is 3.86. The molecule has 0 radical (unpaired) electrons. The predicted molar refractivity (Wildman–Crippen MR) is 99.6 cm³/mol. The van der Waals surface area contributed by atoms with Gasteiger partial charge in [0, 0.05) is 26.2 Å². The molecule has 0 aliphatic carbocycles. The van der Waals surface area contributed by atoms with Crippen molar-refractivity contribution in [3.8, 4) is 5.75 Å². The Labute approximate surface area is 157 Å². The number of methoxy groups -OCH3 is 1. The third-order valence-electron chi connectivity index (χ3n) is 4.85. The van der Waals surface area contributed by atoms with E-state index in [0.29, 0.717) is 32.0 Å². The minimum Gasteiger partial charge on any atom is -0.501 e. The lowest BCUT2D eigenvalue weighted by atomic mass is 10.1. The van der Waals surface area contributed by atoms with Crippen LogP contribution in [0, 0.1) is 0 Å². The standard InChI is InChI=1S/C19H24N4O4/c1-21-9-10-23-17(20-15(19(26)27-3)16(24)18(23)25)14(12-21)22(2)11-13-7-5-4-6-8-13/h4-8,14,24H,9-12H2,1-3H3. The van der Waals surface area contributed by atoms with Crippen LogP contribution < -0.4 is 5.56 Å². The number of esters is 1. The zero-order valence-corrected chi connectivity index (χ0v) is 15.8. The molecule has 1 atom stereocenters. The van der Waals surface area contributed by atoms with Crippen LogP contribution in [-0.2, 0) is 17.8 Å². The van der Waals surface area contributed by atoms with Crippen molar-refractivity contribution >= 4 is 5.97 Å². The molecular formula is C19H24N4O4. The van der Waals surface area contributed by atoms with Crippen LogP contribution >= 0.6 is 0 Å². The number of carbonyl (C=O) groups is 1. The maximum absolute atomic E-state index is 12.7. The number of fused-ring (bicyclic) bond motifs is 1. The van der Waals surface area contributed by atoms with E-state index >= 15 is 0 Å². The van der Waals surface area contributed by atoms with Crippen LogP contribution in [0.4, 0.5) is 0 Å². The normalized spacial score (nSPS) is 17.4. The SMILES string of the molecule is COC(=O)c1nc2n(c(=O)c1O)CCN(C)CC2N(C)Cc1ccccc1. The molecule has 3 rings (SSSR count). The Balaban J connectivity index is 2.06.